The van der Waals surface area contributed by atoms with Gasteiger partial charge in [-0.25, -0.2) is 9.50 Å². The molecule has 0 saturated heterocycles. The minimum Gasteiger partial charge on any atom is -0.454 e. The first kappa shape index (κ1) is 14.3. The minimum atomic E-state index is 0.288. The van der Waals surface area contributed by atoms with Crippen LogP contribution in [-0.4, -0.2) is 21.4 Å². The second-order valence-corrected chi connectivity index (χ2v) is 6.47. The van der Waals surface area contributed by atoms with E-state index in [1.165, 1.54) is 0 Å². The van der Waals surface area contributed by atoms with E-state index in [-0.39, 0.29) is 6.79 Å². The van der Waals surface area contributed by atoms with Gasteiger partial charge in [-0.1, -0.05) is 6.07 Å². The van der Waals surface area contributed by atoms with E-state index in [1.807, 2.05) is 41.0 Å². The molecule has 25 heavy (non-hydrogen) atoms. The summed E-state index contributed by atoms with van der Waals surface area (Å²) in [4.78, 5) is 4.42. The largest absolute Gasteiger partial charge is 0.454 e. The highest BCUT2D eigenvalue weighted by molar-refractivity contribution is 7.08. The molecule has 0 bridgehead atoms. The number of nitrogens with zero attached hydrogens (tertiary/aromatic N) is 3. The van der Waals surface area contributed by atoms with Crippen LogP contribution >= 0.6 is 11.3 Å². The topological polar surface area (TPSA) is 60.7 Å². The second kappa shape index (κ2) is 5.78. The molecule has 1 N–H and O–H groups in total. The van der Waals surface area contributed by atoms with Crippen LogP contribution in [0.5, 0.6) is 11.5 Å². The molecule has 5 rings (SSSR count). The molecule has 1 aliphatic rings. The van der Waals surface area contributed by atoms with E-state index in [1.54, 1.807) is 11.3 Å². The molecule has 0 radical (unpaired) electrons. The summed E-state index contributed by atoms with van der Waals surface area (Å²) in [5, 5.41) is 12.2. The second-order valence-electron chi connectivity index (χ2n) is 5.69. The van der Waals surface area contributed by atoms with Crippen LogP contribution in [0.15, 0.2) is 53.4 Å². The van der Waals surface area contributed by atoms with E-state index in [9.17, 15) is 0 Å². The van der Waals surface area contributed by atoms with E-state index < -0.39 is 0 Å². The standard InChI is InChI=1S/C18H14N4O2S/c1-2-15-16(24-11-23-15)7-12(1)8-19-17-3-4-18-20-9-14(22(18)21-17)13-5-6-25-10-13/h1-7,9-10H,8,11H2,(H,19,21). The molecule has 4 heterocycles. The molecular formula is C18H14N4O2S. The van der Waals surface area contributed by atoms with Crippen LogP contribution in [0.3, 0.4) is 0 Å². The van der Waals surface area contributed by atoms with E-state index >= 15 is 0 Å². The Morgan fingerprint density at radius 1 is 1.12 bits per heavy atom. The molecule has 0 saturated carbocycles. The van der Waals surface area contributed by atoms with Crippen LogP contribution in [-0.2, 0) is 6.54 Å². The van der Waals surface area contributed by atoms with Crippen molar-refractivity contribution in [3.8, 4) is 22.8 Å². The number of anilines is 1. The number of hydrogen-bond donors (Lipinski definition) is 1. The number of nitrogens with one attached hydrogen (secondary N) is 1. The summed E-state index contributed by atoms with van der Waals surface area (Å²) in [7, 11) is 0. The molecule has 4 aromatic rings. The van der Waals surface area contributed by atoms with Gasteiger partial charge < -0.3 is 14.8 Å². The lowest BCUT2D eigenvalue weighted by molar-refractivity contribution is 0.174. The van der Waals surface area contributed by atoms with E-state index in [0.717, 1.165) is 39.8 Å². The number of aromatic nitrogens is 3. The quantitative estimate of drug-likeness (QED) is 0.607. The summed E-state index contributed by atoms with van der Waals surface area (Å²) >= 11 is 1.66. The van der Waals surface area contributed by atoms with Crippen molar-refractivity contribution < 1.29 is 9.47 Å². The summed E-state index contributed by atoms with van der Waals surface area (Å²) in [6.45, 7) is 0.939. The molecule has 124 valence electrons. The Morgan fingerprint density at radius 3 is 3.00 bits per heavy atom. The maximum atomic E-state index is 5.42. The molecule has 0 amide bonds. The Labute approximate surface area is 147 Å². The normalized spacial score (nSPS) is 12.6. The smallest absolute Gasteiger partial charge is 0.231 e. The Morgan fingerprint density at radius 2 is 2.08 bits per heavy atom. The van der Waals surface area contributed by atoms with Crippen LogP contribution in [0, 0.1) is 0 Å². The molecule has 6 nitrogen and oxygen atoms in total. The number of benzene rings is 1. The molecule has 3 aromatic heterocycles. The highest BCUT2D eigenvalue weighted by Gasteiger charge is 2.13. The van der Waals surface area contributed by atoms with Gasteiger partial charge in [-0.2, -0.15) is 11.3 Å². The Bertz CT molecular complexity index is 1040. The summed E-state index contributed by atoms with van der Waals surface area (Å²) < 4.78 is 12.6. The number of hydrogen-bond acceptors (Lipinski definition) is 6. The van der Waals surface area contributed by atoms with E-state index in [0.29, 0.717) is 6.54 Å². The van der Waals surface area contributed by atoms with Crippen molar-refractivity contribution in [3.63, 3.8) is 0 Å². The third-order valence-electron chi connectivity index (χ3n) is 4.09. The molecule has 0 unspecified atom stereocenters. The van der Waals surface area contributed by atoms with Gasteiger partial charge in [-0.15, -0.1) is 5.10 Å². The third-order valence-corrected chi connectivity index (χ3v) is 4.77. The number of rotatable bonds is 4. The van der Waals surface area contributed by atoms with Crippen LogP contribution in [0.25, 0.3) is 16.9 Å². The lowest BCUT2D eigenvalue weighted by Crippen LogP contribution is -2.04. The molecule has 0 fully saturated rings. The number of ether oxygens (including phenoxy) is 2. The van der Waals surface area contributed by atoms with E-state index in [2.05, 4.69) is 32.2 Å². The fourth-order valence-electron chi connectivity index (χ4n) is 2.82. The molecule has 1 aromatic carbocycles. The van der Waals surface area contributed by atoms with Crippen molar-refractivity contribution in [3.05, 3.63) is 58.9 Å². The summed E-state index contributed by atoms with van der Waals surface area (Å²) in [5.74, 6) is 2.37. The zero-order valence-electron chi connectivity index (χ0n) is 13.2. The summed E-state index contributed by atoms with van der Waals surface area (Å²) in [5.41, 5.74) is 4.05. The van der Waals surface area contributed by atoms with Gasteiger partial charge in [-0.05, 0) is 41.3 Å². The summed E-state index contributed by atoms with van der Waals surface area (Å²) in [6.07, 6.45) is 1.85. The molecule has 0 atom stereocenters. The van der Waals surface area contributed by atoms with Gasteiger partial charge in [0.2, 0.25) is 6.79 Å². The molecule has 0 aliphatic carbocycles. The fraction of sp³-hybridized carbons (Fsp3) is 0.111. The zero-order chi connectivity index (χ0) is 16.6. The highest BCUT2D eigenvalue weighted by Crippen LogP contribution is 2.32. The Kier molecular flexibility index (Phi) is 3.31. The SMILES string of the molecule is c1cc(-c2cnc3ccc(NCc4ccc5c(c4)OCO5)nn23)cs1. The number of fused-ring (bicyclic) bond motifs is 2. The van der Waals surface area contributed by atoms with Crippen LogP contribution in [0.4, 0.5) is 5.82 Å². The highest BCUT2D eigenvalue weighted by atomic mass is 32.1. The van der Waals surface area contributed by atoms with E-state index in [4.69, 9.17) is 9.47 Å². The Hall–Kier alpha value is -3.06. The molecule has 1 aliphatic heterocycles. The van der Waals surface area contributed by atoms with Gasteiger partial charge in [-0.3, -0.25) is 0 Å². The van der Waals surface area contributed by atoms with Crippen molar-refractivity contribution in [1.29, 1.82) is 0 Å². The summed E-state index contributed by atoms with van der Waals surface area (Å²) in [6, 6.07) is 11.9. The maximum Gasteiger partial charge on any atom is 0.231 e. The van der Waals surface area contributed by atoms with Gasteiger partial charge in [0, 0.05) is 17.5 Å². The minimum absolute atomic E-state index is 0.288. The van der Waals surface area contributed by atoms with Crippen molar-refractivity contribution in [2.75, 3.05) is 12.1 Å². The van der Waals surface area contributed by atoms with Crippen LogP contribution in [0.2, 0.25) is 0 Å². The predicted molar refractivity (Wildman–Crippen MR) is 96.2 cm³/mol. The van der Waals surface area contributed by atoms with Crippen LogP contribution < -0.4 is 14.8 Å². The third kappa shape index (κ3) is 2.58. The average Bonchev–Trinajstić information content (AvgIpc) is 3.38. The molecular weight excluding hydrogens is 336 g/mol. The van der Waals surface area contributed by atoms with Crippen molar-refractivity contribution >= 4 is 22.8 Å². The molecule has 7 heteroatoms. The maximum absolute atomic E-state index is 5.42. The predicted octanol–water partition coefficient (Wildman–Crippen LogP) is 3.80. The number of thiophene rings is 1. The average molecular weight is 350 g/mol. The van der Waals surface area contributed by atoms with Crippen LogP contribution in [0.1, 0.15) is 5.56 Å². The number of imidazole rings is 1. The van der Waals surface area contributed by atoms with Gasteiger partial charge >= 0.3 is 0 Å². The van der Waals surface area contributed by atoms with Gasteiger partial charge in [0.25, 0.3) is 0 Å². The first-order chi connectivity index (χ1) is 12.4. The van der Waals surface area contributed by atoms with Gasteiger partial charge in [0.15, 0.2) is 17.1 Å². The van der Waals surface area contributed by atoms with Crippen molar-refractivity contribution in [2.45, 2.75) is 6.54 Å². The van der Waals surface area contributed by atoms with Crippen molar-refractivity contribution in [1.82, 2.24) is 14.6 Å². The lowest BCUT2D eigenvalue weighted by atomic mass is 10.2. The lowest BCUT2D eigenvalue weighted by Gasteiger charge is -2.07. The monoisotopic (exact) mass is 350 g/mol. The van der Waals surface area contributed by atoms with Crippen molar-refractivity contribution in [2.24, 2.45) is 0 Å². The van der Waals surface area contributed by atoms with Gasteiger partial charge in [0.05, 0.1) is 11.9 Å². The fourth-order valence-corrected chi connectivity index (χ4v) is 3.47. The zero-order valence-corrected chi connectivity index (χ0v) is 14.0. The Balaban J connectivity index is 1.40. The first-order valence-corrected chi connectivity index (χ1v) is 8.81. The van der Waals surface area contributed by atoms with Gasteiger partial charge in [0.1, 0.15) is 5.82 Å². The first-order valence-electron chi connectivity index (χ1n) is 7.86. The molecule has 0 spiro atoms.